The van der Waals surface area contributed by atoms with Gasteiger partial charge in [-0.1, -0.05) is 60.1 Å². The van der Waals surface area contributed by atoms with Gasteiger partial charge in [-0.25, -0.2) is 0 Å². The van der Waals surface area contributed by atoms with Crippen LogP contribution in [0.2, 0.25) is 0 Å². The summed E-state index contributed by atoms with van der Waals surface area (Å²) in [5.41, 5.74) is 0.725. The maximum atomic E-state index is 12.8. The molecule has 4 heteroatoms. The zero-order chi connectivity index (χ0) is 25.1. The van der Waals surface area contributed by atoms with E-state index in [2.05, 4.69) is 54.5 Å². The second-order valence-corrected chi connectivity index (χ2v) is 15.3. The van der Waals surface area contributed by atoms with Crippen molar-refractivity contribution in [1.29, 1.82) is 0 Å². The number of carbonyl (C=O) groups is 1. The van der Waals surface area contributed by atoms with Crippen LogP contribution in [-0.4, -0.2) is 33.5 Å². The van der Waals surface area contributed by atoms with Crippen LogP contribution < -0.4 is 0 Å². The van der Waals surface area contributed by atoms with E-state index in [0.29, 0.717) is 24.7 Å². The summed E-state index contributed by atoms with van der Waals surface area (Å²) < 4.78 is 0. The quantitative estimate of drug-likeness (QED) is 0.397. The molecule has 0 aromatic rings. The van der Waals surface area contributed by atoms with Crippen LogP contribution in [0.4, 0.5) is 0 Å². The highest BCUT2D eigenvalue weighted by molar-refractivity contribution is 5.76. The molecule has 192 valence electrons. The summed E-state index contributed by atoms with van der Waals surface area (Å²) >= 11 is 0. The van der Waals surface area contributed by atoms with Crippen LogP contribution >= 0.6 is 0 Å². The van der Waals surface area contributed by atoms with Gasteiger partial charge in [-0.3, -0.25) is 4.79 Å². The minimum Gasteiger partial charge on any atom is -0.481 e. The van der Waals surface area contributed by atoms with Gasteiger partial charge in [-0.05, 0) is 103 Å². The third-order valence-electron chi connectivity index (χ3n) is 12.7. The van der Waals surface area contributed by atoms with Gasteiger partial charge in [0.2, 0.25) is 0 Å². The van der Waals surface area contributed by atoms with Crippen LogP contribution in [0.3, 0.4) is 0 Å². The fraction of sp³-hybridized carbons (Fsp3) is 0.900. The van der Waals surface area contributed by atoms with Crippen LogP contribution in [0.15, 0.2) is 11.6 Å². The first kappa shape index (κ1) is 24.8. The topological polar surface area (TPSA) is 77.8 Å². The second kappa shape index (κ2) is 7.12. The first-order valence-corrected chi connectivity index (χ1v) is 13.9. The third-order valence-corrected chi connectivity index (χ3v) is 12.7. The number of fused-ring (bicyclic) bond motifs is 7. The Hall–Kier alpha value is -0.870. The van der Waals surface area contributed by atoms with Crippen molar-refractivity contribution in [3.63, 3.8) is 0 Å². The minimum atomic E-state index is -0.675. The summed E-state index contributed by atoms with van der Waals surface area (Å²) in [6.07, 6.45) is 9.44. The number of hydrogen-bond acceptors (Lipinski definition) is 3. The molecular weight excluding hydrogens is 424 g/mol. The number of aliphatic carboxylic acids is 1. The zero-order valence-corrected chi connectivity index (χ0v) is 22.6. The van der Waals surface area contributed by atoms with Crippen molar-refractivity contribution in [1.82, 2.24) is 0 Å². The van der Waals surface area contributed by atoms with Gasteiger partial charge in [0.15, 0.2) is 0 Å². The van der Waals surface area contributed by atoms with Crippen molar-refractivity contribution < 1.29 is 20.1 Å². The van der Waals surface area contributed by atoms with Crippen LogP contribution in [-0.2, 0) is 4.79 Å². The molecule has 5 rings (SSSR count). The van der Waals surface area contributed by atoms with E-state index in [1.165, 1.54) is 5.57 Å². The van der Waals surface area contributed by atoms with Gasteiger partial charge in [0.1, 0.15) is 0 Å². The Kier molecular flexibility index (Phi) is 5.20. The molecule has 0 saturated heterocycles. The normalized spacial score (nSPS) is 53.4. The molecule has 4 saturated carbocycles. The highest BCUT2D eigenvalue weighted by Crippen LogP contribution is 2.75. The molecule has 0 aromatic carbocycles. The molecule has 9 atom stereocenters. The van der Waals surface area contributed by atoms with Crippen molar-refractivity contribution in [2.75, 3.05) is 0 Å². The lowest BCUT2D eigenvalue weighted by Crippen LogP contribution is -2.66. The van der Waals surface area contributed by atoms with Crippen molar-refractivity contribution in [2.45, 2.75) is 118 Å². The number of carboxylic acid groups (broad SMARTS) is 1. The van der Waals surface area contributed by atoms with Gasteiger partial charge in [0.25, 0.3) is 0 Å². The van der Waals surface area contributed by atoms with Gasteiger partial charge in [-0.2, -0.15) is 0 Å². The highest BCUT2D eigenvalue weighted by atomic mass is 16.4. The Bertz CT molecular complexity index is 919. The van der Waals surface area contributed by atoms with Crippen LogP contribution in [0.5, 0.6) is 0 Å². The standard InChI is InChI=1S/C30H48O4/c1-25(2)14-15-30(24(33)34)13-10-20-27(5)11-8-19-26(3,4)23(32)18(31)16-29(19,7)21(27)9-12-28(20,6)22(30)17-25/h10,18-19,21-23,31-32H,8-9,11-17H2,1-7H3,(H,33,34)/t18-,19?,21?,22?,23+,27+,28-,29+,30?/m1/s1. The molecular formula is C30H48O4. The molecule has 4 unspecified atom stereocenters. The van der Waals surface area contributed by atoms with Crippen molar-refractivity contribution in [3.05, 3.63) is 11.6 Å². The lowest BCUT2D eigenvalue weighted by Gasteiger charge is -2.70. The summed E-state index contributed by atoms with van der Waals surface area (Å²) in [4.78, 5) is 12.8. The number of aliphatic hydroxyl groups is 2. The molecule has 0 spiro atoms. The maximum Gasteiger partial charge on any atom is 0.310 e. The van der Waals surface area contributed by atoms with Gasteiger partial charge in [0.05, 0.1) is 17.6 Å². The smallest absolute Gasteiger partial charge is 0.310 e. The molecule has 0 radical (unpaired) electrons. The van der Waals surface area contributed by atoms with Crippen LogP contribution in [0, 0.1) is 50.2 Å². The fourth-order valence-electron chi connectivity index (χ4n) is 11.0. The molecule has 0 aromatic heterocycles. The molecule has 5 aliphatic rings. The lowest BCUT2D eigenvalue weighted by molar-refractivity contribution is -0.219. The predicted molar refractivity (Wildman–Crippen MR) is 134 cm³/mol. The molecule has 34 heavy (non-hydrogen) atoms. The van der Waals surface area contributed by atoms with E-state index >= 15 is 0 Å². The number of rotatable bonds is 1. The maximum absolute atomic E-state index is 12.8. The summed E-state index contributed by atoms with van der Waals surface area (Å²) in [6.45, 7) is 16.2. The second-order valence-electron chi connectivity index (χ2n) is 15.3. The number of hydrogen-bond donors (Lipinski definition) is 3. The van der Waals surface area contributed by atoms with Crippen molar-refractivity contribution in [2.24, 2.45) is 50.2 Å². The minimum absolute atomic E-state index is 0.0233. The molecule has 0 bridgehead atoms. The molecule has 0 heterocycles. The monoisotopic (exact) mass is 472 g/mol. The van der Waals surface area contributed by atoms with E-state index in [1.807, 2.05) is 0 Å². The Morgan fingerprint density at radius 3 is 2.03 bits per heavy atom. The first-order chi connectivity index (χ1) is 15.5. The summed E-state index contributed by atoms with van der Waals surface area (Å²) in [7, 11) is 0. The fourth-order valence-corrected chi connectivity index (χ4v) is 11.0. The van der Waals surface area contributed by atoms with Crippen LogP contribution in [0.25, 0.3) is 0 Å². The van der Waals surface area contributed by atoms with Gasteiger partial charge >= 0.3 is 5.97 Å². The van der Waals surface area contributed by atoms with E-state index < -0.39 is 23.6 Å². The predicted octanol–water partition coefficient (Wildman–Crippen LogP) is 6.20. The zero-order valence-electron chi connectivity index (χ0n) is 22.6. The molecule has 4 nitrogen and oxygen atoms in total. The molecule has 4 fully saturated rings. The average Bonchev–Trinajstić information content (AvgIpc) is 2.71. The average molecular weight is 473 g/mol. The first-order valence-electron chi connectivity index (χ1n) is 13.9. The Morgan fingerprint density at radius 1 is 0.824 bits per heavy atom. The van der Waals surface area contributed by atoms with Gasteiger partial charge < -0.3 is 15.3 Å². The van der Waals surface area contributed by atoms with Gasteiger partial charge in [0, 0.05) is 0 Å². The summed E-state index contributed by atoms with van der Waals surface area (Å²) in [6, 6.07) is 0. The van der Waals surface area contributed by atoms with E-state index in [1.54, 1.807) is 0 Å². The SMILES string of the molecule is CC1(C)CCC2(C(=O)O)CC=C3[C@]4(C)CCC5C(C)(C)[C@@H](O)[C@H](O)C[C@]5(C)C4CC[C@@]3(C)C2C1. The Morgan fingerprint density at radius 2 is 1.41 bits per heavy atom. The lowest BCUT2D eigenvalue weighted by atomic mass is 9.34. The number of allylic oxidation sites excluding steroid dienone is 2. The summed E-state index contributed by atoms with van der Waals surface area (Å²) in [5, 5.41) is 32.4. The molecule has 5 aliphatic carbocycles. The Balaban J connectivity index is 1.60. The van der Waals surface area contributed by atoms with E-state index in [0.717, 1.165) is 44.9 Å². The number of carboxylic acids is 1. The van der Waals surface area contributed by atoms with E-state index in [9.17, 15) is 20.1 Å². The van der Waals surface area contributed by atoms with Crippen molar-refractivity contribution >= 4 is 5.97 Å². The largest absolute Gasteiger partial charge is 0.481 e. The summed E-state index contributed by atoms with van der Waals surface area (Å²) in [5.74, 6) is 0.434. The van der Waals surface area contributed by atoms with E-state index in [-0.39, 0.29) is 33.0 Å². The number of aliphatic hydroxyl groups excluding tert-OH is 2. The van der Waals surface area contributed by atoms with E-state index in [4.69, 9.17) is 0 Å². The third kappa shape index (κ3) is 2.93. The highest BCUT2D eigenvalue weighted by Gasteiger charge is 2.69. The van der Waals surface area contributed by atoms with Crippen molar-refractivity contribution in [3.8, 4) is 0 Å². The molecule has 0 aliphatic heterocycles. The Labute approximate surface area is 206 Å². The molecule has 0 amide bonds. The molecule has 3 N–H and O–H groups in total. The van der Waals surface area contributed by atoms with Crippen LogP contribution in [0.1, 0.15) is 106 Å². The van der Waals surface area contributed by atoms with Gasteiger partial charge in [-0.15, -0.1) is 0 Å².